The molecule has 0 spiro atoms. The number of carbonyl (C=O) groups excluding carboxylic acids is 1. The fourth-order valence-corrected chi connectivity index (χ4v) is 4.65. The van der Waals surface area contributed by atoms with E-state index in [9.17, 15) is 23.1 Å². The van der Waals surface area contributed by atoms with Gasteiger partial charge in [0.1, 0.15) is 11.4 Å². The van der Waals surface area contributed by atoms with Crippen LogP contribution in [0.4, 0.5) is 19.0 Å². The van der Waals surface area contributed by atoms with E-state index < -0.39 is 17.3 Å². The van der Waals surface area contributed by atoms with Crippen molar-refractivity contribution in [2.45, 2.75) is 11.8 Å². The van der Waals surface area contributed by atoms with E-state index >= 15 is 0 Å². The van der Waals surface area contributed by atoms with Crippen molar-refractivity contribution >= 4 is 11.7 Å². The number of anilines is 1. The Labute approximate surface area is 177 Å². The molecular weight excluding hydrogens is 411 g/mol. The van der Waals surface area contributed by atoms with Gasteiger partial charge in [0.2, 0.25) is 0 Å². The first-order valence-electron chi connectivity index (χ1n) is 10.2. The fourth-order valence-electron chi connectivity index (χ4n) is 4.65. The van der Waals surface area contributed by atoms with Crippen LogP contribution in [-0.4, -0.2) is 60.3 Å². The van der Waals surface area contributed by atoms with E-state index in [2.05, 4.69) is 4.98 Å². The minimum atomic E-state index is -4.39. The maximum Gasteiger partial charge on any atom is 0.417 e. The van der Waals surface area contributed by atoms with Crippen LogP contribution in [0.15, 0.2) is 42.6 Å². The summed E-state index contributed by atoms with van der Waals surface area (Å²) in [5, 5.41) is 10.3. The van der Waals surface area contributed by atoms with Gasteiger partial charge in [-0.25, -0.2) is 4.98 Å². The summed E-state index contributed by atoms with van der Waals surface area (Å²) in [6, 6.07) is 9.48. The Morgan fingerprint density at radius 3 is 2.16 bits per heavy atom. The van der Waals surface area contributed by atoms with Crippen LogP contribution in [0.5, 0.6) is 0 Å². The summed E-state index contributed by atoms with van der Waals surface area (Å²) in [6.07, 6.45) is -3.52. The summed E-state index contributed by atoms with van der Waals surface area (Å²) < 4.78 is 43.3. The van der Waals surface area contributed by atoms with Crippen molar-refractivity contribution in [3.63, 3.8) is 0 Å². The second kappa shape index (κ2) is 7.20. The lowest BCUT2D eigenvalue weighted by molar-refractivity contribution is -0.184. The molecule has 31 heavy (non-hydrogen) atoms. The van der Waals surface area contributed by atoms with Crippen LogP contribution in [0.2, 0.25) is 0 Å². The first-order valence-corrected chi connectivity index (χ1v) is 10.2. The number of hydrogen-bond acceptors (Lipinski definition) is 5. The maximum absolute atomic E-state index is 12.9. The molecule has 9 heteroatoms. The Morgan fingerprint density at radius 1 is 1.03 bits per heavy atom. The number of pyridine rings is 1. The van der Waals surface area contributed by atoms with E-state index in [1.807, 2.05) is 9.80 Å². The number of ether oxygens (including phenoxy) is 1. The van der Waals surface area contributed by atoms with Crippen molar-refractivity contribution in [3.05, 3.63) is 59.3 Å². The van der Waals surface area contributed by atoms with Gasteiger partial charge >= 0.3 is 6.18 Å². The summed E-state index contributed by atoms with van der Waals surface area (Å²) in [7, 11) is 0. The third-order valence-electron chi connectivity index (χ3n) is 6.52. The molecule has 5 rings (SSSR count). The zero-order valence-electron chi connectivity index (χ0n) is 16.7. The highest BCUT2D eigenvalue weighted by atomic mass is 19.4. The minimum Gasteiger partial charge on any atom is -0.380 e. The Morgan fingerprint density at radius 2 is 1.68 bits per heavy atom. The normalized spacial score (nSPS) is 24.8. The number of benzene rings is 1. The molecule has 3 fully saturated rings. The average molecular weight is 433 g/mol. The highest BCUT2D eigenvalue weighted by Gasteiger charge is 2.43. The Hall–Kier alpha value is -2.65. The molecule has 1 amide bonds. The summed E-state index contributed by atoms with van der Waals surface area (Å²) in [6.45, 7) is 3.08. The van der Waals surface area contributed by atoms with Crippen LogP contribution < -0.4 is 4.90 Å². The fraction of sp³-hybridized carbons (Fsp3) is 0.455. The molecule has 164 valence electrons. The molecule has 0 bridgehead atoms. The number of halogens is 3. The lowest BCUT2D eigenvalue weighted by Gasteiger charge is -2.36. The van der Waals surface area contributed by atoms with Gasteiger partial charge in [-0.2, -0.15) is 13.2 Å². The largest absolute Gasteiger partial charge is 0.417 e. The number of carbonyl (C=O) groups is 1. The number of likely N-dealkylation sites (tertiary alicyclic amines) is 1. The molecule has 3 aliphatic rings. The van der Waals surface area contributed by atoms with Gasteiger partial charge in [0.25, 0.3) is 5.91 Å². The molecule has 2 aromatic rings. The number of aliphatic hydroxyl groups is 1. The summed E-state index contributed by atoms with van der Waals surface area (Å²) in [5.41, 5.74) is -0.389. The number of fused-ring (bicyclic) bond motifs is 1. The standard InChI is InChI=1S/C22H22F3N3O3/c23-22(24,25)18-5-6-19(26-7-18)27-8-15-10-28(11-16(15)9-27)20(29)14-1-3-17(4-2-14)21(30)12-31-13-21/h1-7,15-16,30H,8-13H2. The molecule has 1 aromatic heterocycles. The molecule has 2 atom stereocenters. The van der Waals surface area contributed by atoms with E-state index in [1.165, 1.54) is 6.07 Å². The molecule has 0 aliphatic carbocycles. The number of nitrogens with zero attached hydrogens (tertiary/aromatic N) is 3. The van der Waals surface area contributed by atoms with Crippen molar-refractivity contribution in [2.24, 2.45) is 11.8 Å². The van der Waals surface area contributed by atoms with Crippen molar-refractivity contribution in [1.29, 1.82) is 0 Å². The van der Waals surface area contributed by atoms with Gasteiger partial charge in [-0.1, -0.05) is 12.1 Å². The number of alkyl halides is 3. The van der Waals surface area contributed by atoms with E-state index in [1.54, 1.807) is 24.3 Å². The molecule has 1 aromatic carbocycles. The second-order valence-corrected chi connectivity index (χ2v) is 8.64. The van der Waals surface area contributed by atoms with Gasteiger partial charge in [-0.05, 0) is 29.8 Å². The molecule has 0 saturated carbocycles. The lowest BCUT2D eigenvalue weighted by atomic mass is 9.91. The van der Waals surface area contributed by atoms with Crippen molar-refractivity contribution in [1.82, 2.24) is 9.88 Å². The SMILES string of the molecule is O=C(c1ccc(C2(O)COC2)cc1)N1CC2CN(c3ccc(C(F)(F)F)cn3)CC2C1. The van der Waals surface area contributed by atoms with Crippen LogP contribution >= 0.6 is 0 Å². The van der Waals surface area contributed by atoms with Gasteiger partial charge < -0.3 is 19.6 Å². The maximum atomic E-state index is 12.9. The van der Waals surface area contributed by atoms with E-state index in [4.69, 9.17) is 4.74 Å². The topological polar surface area (TPSA) is 65.9 Å². The molecule has 0 radical (unpaired) electrons. The average Bonchev–Trinajstić information content (AvgIpc) is 3.30. The number of hydrogen-bond donors (Lipinski definition) is 1. The summed E-state index contributed by atoms with van der Waals surface area (Å²) in [4.78, 5) is 20.7. The van der Waals surface area contributed by atoms with E-state index in [0.717, 1.165) is 17.8 Å². The summed E-state index contributed by atoms with van der Waals surface area (Å²) >= 11 is 0. The van der Waals surface area contributed by atoms with E-state index in [0.29, 0.717) is 37.6 Å². The Balaban J connectivity index is 1.20. The number of aromatic nitrogens is 1. The van der Waals surface area contributed by atoms with Gasteiger partial charge in [0.15, 0.2) is 0 Å². The number of amides is 1. The highest BCUT2D eigenvalue weighted by Crippen LogP contribution is 2.35. The van der Waals surface area contributed by atoms with Crippen LogP contribution in [-0.2, 0) is 16.5 Å². The molecule has 3 aliphatic heterocycles. The van der Waals surface area contributed by atoms with Crippen molar-refractivity contribution < 1.29 is 27.8 Å². The quantitative estimate of drug-likeness (QED) is 0.806. The molecule has 6 nitrogen and oxygen atoms in total. The predicted octanol–water partition coefficient (Wildman–Crippen LogP) is 2.53. The second-order valence-electron chi connectivity index (χ2n) is 8.64. The smallest absolute Gasteiger partial charge is 0.380 e. The molecule has 4 heterocycles. The lowest BCUT2D eigenvalue weighted by Crippen LogP contribution is -2.46. The van der Waals surface area contributed by atoms with Crippen LogP contribution in [0, 0.1) is 11.8 Å². The third kappa shape index (κ3) is 3.65. The van der Waals surface area contributed by atoms with Gasteiger partial charge in [-0.3, -0.25) is 4.79 Å². The zero-order chi connectivity index (χ0) is 21.8. The van der Waals surface area contributed by atoms with Crippen molar-refractivity contribution in [3.8, 4) is 0 Å². The zero-order valence-corrected chi connectivity index (χ0v) is 16.7. The van der Waals surface area contributed by atoms with Crippen LogP contribution in [0.25, 0.3) is 0 Å². The monoisotopic (exact) mass is 433 g/mol. The van der Waals surface area contributed by atoms with Crippen molar-refractivity contribution in [2.75, 3.05) is 44.3 Å². The Kier molecular flexibility index (Phi) is 4.71. The first-order chi connectivity index (χ1) is 14.7. The van der Waals surface area contributed by atoms with Gasteiger partial charge in [0.05, 0.1) is 18.8 Å². The molecule has 1 N–H and O–H groups in total. The highest BCUT2D eigenvalue weighted by molar-refractivity contribution is 5.94. The third-order valence-corrected chi connectivity index (χ3v) is 6.52. The van der Waals surface area contributed by atoms with E-state index in [-0.39, 0.29) is 31.0 Å². The van der Waals surface area contributed by atoms with Gasteiger partial charge in [-0.15, -0.1) is 0 Å². The predicted molar refractivity (Wildman–Crippen MR) is 105 cm³/mol. The van der Waals surface area contributed by atoms with Crippen LogP contribution in [0.1, 0.15) is 21.5 Å². The minimum absolute atomic E-state index is 0.0444. The first kappa shape index (κ1) is 20.3. The van der Waals surface area contributed by atoms with Crippen LogP contribution in [0.3, 0.4) is 0 Å². The molecular formula is C22H22F3N3O3. The molecule has 2 unspecified atom stereocenters. The van der Waals surface area contributed by atoms with Gasteiger partial charge in [0, 0.05) is 49.8 Å². The number of rotatable bonds is 3. The summed E-state index contributed by atoms with van der Waals surface area (Å²) in [5.74, 6) is 1.02. The Bertz CT molecular complexity index is 960. The molecule has 3 saturated heterocycles.